The predicted molar refractivity (Wildman–Crippen MR) is 63.2 cm³/mol. The van der Waals surface area contributed by atoms with Crippen LogP contribution in [0.3, 0.4) is 0 Å². The molecule has 0 unspecified atom stereocenters. The molecule has 0 bridgehead atoms. The predicted octanol–water partition coefficient (Wildman–Crippen LogP) is 2.30. The van der Waals surface area contributed by atoms with Crippen LogP contribution in [-0.2, 0) is 0 Å². The van der Waals surface area contributed by atoms with E-state index in [1.165, 1.54) is 24.0 Å². The molecule has 2 atom stereocenters. The molecule has 0 radical (unpaired) electrons. The first-order valence-corrected chi connectivity index (χ1v) is 5.77. The summed E-state index contributed by atoms with van der Waals surface area (Å²) in [5, 5.41) is 9.77. The van der Waals surface area contributed by atoms with Gasteiger partial charge in [0.05, 0.1) is 11.7 Å². The van der Waals surface area contributed by atoms with Gasteiger partial charge in [-0.3, -0.25) is 0 Å². The van der Waals surface area contributed by atoms with E-state index in [1.807, 2.05) is 0 Å². The van der Waals surface area contributed by atoms with Crippen LogP contribution in [0.15, 0.2) is 18.2 Å². The molecule has 3 N–H and O–H groups in total. The number of rotatable bonds is 1. The van der Waals surface area contributed by atoms with E-state index in [0.29, 0.717) is 0 Å². The number of halogens is 4. The number of nitrogen functional groups attached to an aromatic ring is 1. The molecule has 19 heavy (non-hydrogen) atoms. The summed E-state index contributed by atoms with van der Waals surface area (Å²) >= 11 is 0. The van der Waals surface area contributed by atoms with Gasteiger partial charge in [-0.25, -0.2) is 4.39 Å². The van der Waals surface area contributed by atoms with E-state index in [4.69, 9.17) is 5.73 Å². The molecule has 0 aromatic heterocycles. The van der Waals surface area contributed by atoms with Gasteiger partial charge in [0.2, 0.25) is 0 Å². The minimum atomic E-state index is -4.71. The SMILES string of the molecule is C[C@@H]1N(c2ccc(N)c(F)c2)CC[C@@]1(O)C(F)(F)F. The van der Waals surface area contributed by atoms with Gasteiger partial charge < -0.3 is 15.7 Å². The number of hydrogen-bond acceptors (Lipinski definition) is 3. The van der Waals surface area contributed by atoms with Crippen LogP contribution in [0.4, 0.5) is 28.9 Å². The Bertz CT molecular complexity index is 491. The van der Waals surface area contributed by atoms with Crippen LogP contribution in [0.2, 0.25) is 0 Å². The first-order valence-electron chi connectivity index (χ1n) is 5.77. The molecule has 106 valence electrons. The molecule has 2 rings (SSSR count). The highest BCUT2D eigenvalue weighted by Gasteiger charge is 2.61. The van der Waals surface area contributed by atoms with E-state index in [9.17, 15) is 22.7 Å². The van der Waals surface area contributed by atoms with Crippen molar-refractivity contribution in [1.82, 2.24) is 0 Å². The zero-order valence-electron chi connectivity index (χ0n) is 10.2. The van der Waals surface area contributed by atoms with E-state index >= 15 is 0 Å². The second-order valence-corrected chi connectivity index (χ2v) is 4.75. The zero-order chi connectivity index (χ0) is 14.4. The van der Waals surface area contributed by atoms with Crippen molar-refractivity contribution < 1.29 is 22.7 Å². The topological polar surface area (TPSA) is 49.5 Å². The molecule has 1 fully saturated rings. The van der Waals surface area contributed by atoms with E-state index in [0.717, 1.165) is 6.07 Å². The summed E-state index contributed by atoms with van der Waals surface area (Å²) in [6.45, 7) is 1.27. The monoisotopic (exact) mass is 278 g/mol. The summed E-state index contributed by atoms with van der Waals surface area (Å²) < 4.78 is 51.9. The number of nitrogens with zero attached hydrogens (tertiary/aromatic N) is 1. The third kappa shape index (κ3) is 2.11. The molecule has 0 saturated carbocycles. The standard InChI is InChI=1S/C12H14F4N2O/c1-7-11(19,12(14,15)16)4-5-18(7)8-2-3-10(17)9(13)6-8/h2-3,6-7,19H,4-5,17H2,1H3/t7-,11-/m0/s1. The number of aliphatic hydroxyl groups is 1. The van der Waals surface area contributed by atoms with Gasteiger partial charge in [0.15, 0.2) is 5.60 Å². The highest BCUT2D eigenvalue weighted by molar-refractivity contribution is 5.56. The summed E-state index contributed by atoms with van der Waals surface area (Å²) in [7, 11) is 0. The van der Waals surface area contributed by atoms with Gasteiger partial charge in [-0.1, -0.05) is 0 Å². The Balaban J connectivity index is 2.32. The quantitative estimate of drug-likeness (QED) is 0.612. The fourth-order valence-electron chi connectivity index (χ4n) is 2.38. The molecule has 1 aromatic carbocycles. The van der Waals surface area contributed by atoms with Crippen LogP contribution in [0.5, 0.6) is 0 Å². The van der Waals surface area contributed by atoms with Crippen LogP contribution >= 0.6 is 0 Å². The largest absolute Gasteiger partial charge is 0.419 e. The van der Waals surface area contributed by atoms with Gasteiger partial charge in [-0.05, 0) is 25.1 Å². The Morgan fingerprint density at radius 1 is 1.42 bits per heavy atom. The fraction of sp³-hybridized carbons (Fsp3) is 0.500. The lowest BCUT2D eigenvalue weighted by molar-refractivity contribution is -0.260. The summed E-state index contributed by atoms with van der Waals surface area (Å²) in [4.78, 5) is 1.33. The minimum Gasteiger partial charge on any atom is -0.396 e. The highest BCUT2D eigenvalue weighted by atomic mass is 19.4. The molecule has 0 aliphatic carbocycles. The second kappa shape index (κ2) is 4.26. The number of alkyl halides is 3. The van der Waals surface area contributed by atoms with E-state index in [1.54, 1.807) is 0 Å². The molecule has 1 aliphatic heterocycles. The number of nitrogens with two attached hydrogens (primary N) is 1. The smallest absolute Gasteiger partial charge is 0.396 e. The van der Waals surface area contributed by atoms with E-state index in [-0.39, 0.29) is 17.9 Å². The van der Waals surface area contributed by atoms with Crippen molar-refractivity contribution in [2.75, 3.05) is 17.2 Å². The molecule has 0 amide bonds. The summed E-state index contributed by atoms with van der Waals surface area (Å²) in [5.74, 6) is -0.688. The zero-order valence-corrected chi connectivity index (χ0v) is 10.2. The summed E-state index contributed by atoms with van der Waals surface area (Å²) in [5.41, 5.74) is 2.76. The lowest BCUT2D eigenvalue weighted by Crippen LogP contribution is -2.53. The van der Waals surface area contributed by atoms with E-state index in [2.05, 4.69) is 0 Å². The Morgan fingerprint density at radius 2 is 2.05 bits per heavy atom. The number of benzene rings is 1. The molecular formula is C12H14F4N2O. The Labute approximate surface area is 107 Å². The van der Waals surface area contributed by atoms with Crippen molar-refractivity contribution in [2.45, 2.75) is 31.2 Å². The van der Waals surface area contributed by atoms with E-state index < -0.39 is 30.1 Å². The molecular weight excluding hydrogens is 264 g/mol. The van der Waals surface area contributed by atoms with Crippen molar-refractivity contribution >= 4 is 11.4 Å². The molecule has 1 heterocycles. The normalized spacial score (nSPS) is 27.9. The van der Waals surface area contributed by atoms with Crippen LogP contribution in [-0.4, -0.2) is 29.5 Å². The maximum Gasteiger partial charge on any atom is 0.419 e. The second-order valence-electron chi connectivity index (χ2n) is 4.75. The van der Waals surface area contributed by atoms with Crippen LogP contribution < -0.4 is 10.6 Å². The fourth-order valence-corrected chi connectivity index (χ4v) is 2.38. The molecule has 7 heteroatoms. The Kier molecular flexibility index (Phi) is 3.12. The molecule has 3 nitrogen and oxygen atoms in total. The van der Waals surface area contributed by atoms with Crippen LogP contribution in [0.25, 0.3) is 0 Å². The van der Waals surface area contributed by atoms with Gasteiger partial charge in [-0.2, -0.15) is 13.2 Å². The molecule has 1 saturated heterocycles. The molecule has 0 spiro atoms. The number of hydrogen-bond donors (Lipinski definition) is 2. The van der Waals surface area contributed by atoms with Gasteiger partial charge >= 0.3 is 6.18 Å². The summed E-state index contributed by atoms with van der Waals surface area (Å²) in [6, 6.07) is 2.63. The maximum atomic E-state index is 13.3. The maximum absolute atomic E-state index is 13.3. The first-order chi connectivity index (χ1) is 8.67. The average Bonchev–Trinajstić information content (AvgIpc) is 2.61. The molecule has 1 aromatic rings. The van der Waals surface area contributed by atoms with Gasteiger partial charge in [0, 0.05) is 18.7 Å². The first kappa shape index (κ1) is 13.9. The third-order valence-electron chi connectivity index (χ3n) is 3.70. The molecule has 1 aliphatic rings. The lowest BCUT2D eigenvalue weighted by atomic mass is 9.95. The minimum absolute atomic E-state index is 0.000531. The lowest BCUT2D eigenvalue weighted by Gasteiger charge is -2.33. The third-order valence-corrected chi connectivity index (χ3v) is 3.70. The van der Waals surface area contributed by atoms with Crippen LogP contribution in [0, 0.1) is 5.82 Å². The summed E-state index contributed by atoms with van der Waals surface area (Å²) in [6.07, 6.45) is -5.16. The Hall–Kier alpha value is -1.50. The number of anilines is 2. The average molecular weight is 278 g/mol. The van der Waals surface area contributed by atoms with Crippen molar-refractivity contribution in [3.8, 4) is 0 Å². The van der Waals surface area contributed by atoms with Crippen molar-refractivity contribution in [3.05, 3.63) is 24.0 Å². The highest BCUT2D eigenvalue weighted by Crippen LogP contribution is 2.43. The van der Waals surface area contributed by atoms with Crippen LogP contribution in [0.1, 0.15) is 13.3 Å². The van der Waals surface area contributed by atoms with Crippen molar-refractivity contribution in [1.29, 1.82) is 0 Å². The van der Waals surface area contributed by atoms with Gasteiger partial charge in [0.1, 0.15) is 5.82 Å². The van der Waals surface area contributed by atoms with Crippen molar-refractivity contribution in [3.63, 3.8) is 0 Å². The van der Waals surface area contributed by atoms with Gasteiger partial charge in [0.25, 0.3) is 0 Å². The van der Waals surface area contributed by atoms with Gasteiger partial charge in [-0.15, -0.1) is 0 Å². The van der Waals surface area contributed by atoms with Crippen molar-refractivity contribution in [2.24, 2.45) is 0 Å². The Morgan fingerprint density at radius 3 is 2.53 bits per heavy atom.